The largest absolute Gasteiger partial charge is 0.355 e. The predicted molar refractivity (Wildman–Crippen MR) is 78.0 cm³/mol. The van der Waals surface area contributed by atoms with Crippen LogP contribution in [0.2, 0.25) is 0 Å². The maximum Gasteiger partial charge on any atom is 0.267 e. The van der Waals surface area contributed by atoms with E-state index in [1.807, 2.05) is 14.1 Å². The average molecular weight is 306 g/mol. The molecule has 0 spiro atoms. The van der Waals surface area contributed by atoms with E-state index < -0.39 is 15.4 Å². The zero-order valence-corrected chi connectivity index (χ0v) is 13.5. The smallest absolute Gasteiger partial charge is 0.267 e. The summed E-state index contributed by atoms with van der Waals surface area (Å²) < 4.78 is 31.1. The molecular weight excluding hydrogens is 280 g/mol. The van der Waals surface area contributed by atoms with E-state index in [0.717, 1.165) is 6.54 Å². The van der Waals surface area contributed by atoms with E-state index in [2.05, 4.69) is 24.1 Å². The monoisotopic (exact) mass is 306 g/mol. The van der Waals surface area contributed by atoms with Crippen molar-refractivity contribution in [3.05, 3.63) is 0 Å². The summed E-state index contributed by atoms with van der Waals surface area (Å²) in [7, 11) is -0.0481. The molecule has 0 aromatic carbocycles. The zero-order valence-electron chi connectivity index (χ0n) is 12.7. The lowest BCUT2D eigenvalue weighted by Gasteiger charge is -2.29. The summed E-state index contributed by atoms with van der Waals surface area (Å²) in [5.41, 5.74) is -0.0414. The fourth-order valence-electron chi connectivity index (χ4n) is 2.83. The Morgan fingerprint density at radius 2 is 1.95 bits per heavy atom. The topological polar surface area (TPSA) is 86.7 Å². The Morgan fingerprint density at radius 1 is 1.35 bits per heavy atom. The molecule has 0 aromatic heterocycles. The summed E-state index contributed by atoms with van der Waals surface area (Å²) in [6.45, 7) is 5.55. The lowest BCUT2D eigenvalue weighted by molar-refractivity contribution is -0.125. The molecule has 1 fully saturated rings. The predicted octanol–water partition coefficient (Wildman–Crippen LogP) is 0.747. The number of carbonyl (C=O) groups is 1. The van der Waals surface area contributed by atoms with Crippen molar-refractivity contribution in [3.63, 3.8) is 0 Å². The Labute approximate surface area is 121 Å². The average Bonchev–Trinajstić information content (AvgIpc) is 2.72. The first kappa shape index (κ1) is 17.4. The summed E-state index contributed by atoms with van der Waals surface area (Å²) >= 11 is 0. The lowest BCUT2D eigenvalue weighted by atomic mass is 9.92. The molecule has 1 rings (SSSR count). The molecule has 0 aromatic rings. The van der Waals surface area contributed by atoms with Gasteiger partial charge in [-0.05, 0) is 38.8 Å². The Hall–Kier alpha value is -0.660. The fraction of sp³-hybridized carbons (Fsp3) is 0.923. The molecular formula is C13H26N2O4S. The van der Waals surface area contributed by atoms with Crippen LogP contribution in [0.25, 0.3) is 0 Å². The number of hydrogen-bond acceptors (Lipinski definition) is 4. The van der Waals surface area contributed by atoms with Crippen LogP contribution in [0.1, 0.15) is 33.1 Å². The molecule has 0 radical (unpaired) electrons. The third kappa shape index (κ3) is 5.38. The van der Waals surface area contributed by atoms with Gasteiger partial charge in [0.05, 0.1) is 5.25 Å². The SMILES string of the molecule is CN(C)CC(C)(C)CNC(=O)[C@H]1CC[C@@H](S(=O)(=O)O)C1. The van der Waals surface area contributed by atoms with Crippen LogP contribution in [0.15, 0.2) is 0 Å². The highest BCUT2D eigenvalue weighted by Crippen LogP contribution is 2.30. The summed E-state index contributed by atoms with van der Waals surface area (Å²) in [6, 6.07) is 0. The van der Waals surface area contributed by atoms with Gasteiger partial charge in [0.2, 0.25) is 5.91 Å². The number of rotatable bonds is 6. The molecule has 1 amide bonds. The van der Waals surface area contributed by atoms with Crippen molar-refractivity contribution in [1.29, 1.82) is 0 Å². The van der Waals surface area contributed by atoms with Crippen molar-refractivity contribution in [2.75, 3.05) is 27.2 Å². The Balaban J connectivity index is 2.45. The summed E-state index contributed by atoms with van der Waals surface area (Å²) in [5, 5.41) is 2.12. The van der Waals surface area contributed by atoms with Gasteiger partial charge < -0.3 is 10.2 Å². The van der Waals surface area contributed by atoms with Crippen molar-refractivity contribution in [2.45, 2.75) is 38.4 Å². The Morgan fingerprint density at radius 3 is 2.40 bits per heavy atom. The van der Waals surface area contributed by atoms with Gasteiger partial charge in [0.15, 0.2) is 0 Å². The van der Waals surface area contributed by atoms with Gasteiger partial charge in [0, 0.05) is 19.0 Å². The van der Waals surface area contributed by atoms with E-state index in [1.54, 1.807) is 0 Å². The molecule has 0 unspecified atom stereocenters. The minimum absolute atomic E-state index is 0.0414. The van der Waals surface area contributed by atoms with Crippen LogP contribution in [0, 0.1) is 11.3 Å². The van der Waals surface area contributed by atoms with Crippen molar-refractivity contribution >= 4 is 16.0 Å². The summed E-state index contributed by atoms with van der Waals surface area (Å²) in [6.07, 6.45) is 1.10. The second kappa shape index (κ2) is 6.41. The van der Waals surface area contributed by atoms with Gasteiger partial charge in [-0.15, -0.1) is 0 Å². The fourth-order valence-corrected chi connectivity index (χ4v) is 3.74. The highest BCUT2D eigenvalue weighted by molar-refractivity contribution is 7.86. The van der Waals surface area contributed by atoms with Gasteiger partial charge in [-0.1, -0.05) is 13.8 Å². The van der Waals surface area contributed by atoms with Gasteiger partial charge in [-0.3, -0.25) is 9.35 Å². The molecule has 2 atom stereocenters. The standard InChI is InChI=1S/C13H26N2O4S/c1-13(2,9-15(3)4)8-14-12(16)10-5-6-11(7-10)20(17,18)19/h10-11H,5-9H2,1-4H3,(H,14,16)(H,17,18,19)/t10-,11+/m0/s1. The Bertz CT molecular complexity index is 445. The van der Waals surface area contributed by atoms with E-state index in [1.165, 1.54) is 0 Å². The van der Waals surface area contributed by atoms with E-state index in [0.29, 0.717) is 19.4 Å². The molecule has 7 heteroatoms. The molecule has 20 heavy (non-hydrogen) atoms. The van der Waals surface area contributed by atoms with Crippen LogP contribution in [-0.4, -0.2) is 56.2 Å². The number of hydrogen-bond donors (Lipinski definition) is 2. The lowest BCUT2D eigenvalue weighted by Crippen LogP contribution is -2.41. The van der Waals surface area contributed by atoms with Crippen LogP contribution in [0.3, 0.4) is 0 Å². The second-order valence-electron chi connectivity index (χ2n) is 6.77. The van der Waals surface area contributed by atoms with Crippen molar-refractivity contribution in [1.82, 2.24) is 10.2 Å². The molecule has 6 nitrogen and oxygen atoms in total. The first-order valence-electron chi connectivity index (χ1n) is 6.90. The molecule has 0 bridgehead atoms. The number of amides is 1. The first-order chi connectivity index (χ1) is 9.01. The minimum Gasteiger partial charge on any atom is -0.355 e. The van der Waals surface area contributed by atoms with Crippen LogP contribution in [0.4, 0.5) is 0 Å². The second-order valence-corrected chi connectivity index (χ2v) is 8.46. The molecule has 118 valence electrons. The number of nitrogens with zero attached hydrogens (tertiary/aromatic N) is 1. The quantitative estimate of drug-likeness (QED) is 0.707. The third-order valence-corrected chi connectivity index (χ3v) is 4.93. The van der Waals surface area contributed by atoms with Gasteiger partial charge >= 0.3 is 0 Å². The molecule has 1 aliphatic carbocycles. The van der Waals surface area contributed by atoms with Crippen LogP contribution in [0.5, 0.6) is 0 Å². The Kier molecular flexibility index (Phi) is 5.57. The molecule has 0 aliphatic heterocycles. The summed E-state index contributed by atoms with van der Waals surface area (Å²) in [5.74, 6) is -0.417. The molecule has 2 N–H and O–H groups in total. The maximum absolute atomic E-state index is 12.0. The molecule has 1 saturated carbocycles. The van der Waals surface area contributed by atoms with Crippen molar-refractivity contribution < 1.29 is 17.8 Å². The van der Waals surface area contributed by atoms with Gasteiger partial charge in [0.25, 0.3) is 10.1 Å². The van der Waals surface area contributed by atoms with E-state index in [-0.39, 0.29) is 23.7 Å². The summed E-state index contributed by atoms with van der Waals surface area (Å²) in [4.78, 5) is 14.1. The first-order valence-corrected chi connectivity index (χ1v) is 8.40. The van der Waals surface area contributed by atoms with Gasteiger partial charge in [0.1, 0.15) is 0 Å². The van der Waals surface area contributed by atoms with Crippen LogP contribution < -0.4 is 5.32 Å². The van der Waals surface area contributed by atoms with E-state index in [9.17, 15) is 13.2 Å². The molecule has 0 saturated heterocycles. The molecule has 0 heterocycles. The maximum atomic E-state index is 12.0. The molecule has 1 aliphatic rings. The third-order valence-electron chi connectivity index (χ3n) is 3.66. The van der Waals surface area contributed by atoms with Crippen molar-refractivity contribution in [2.24, 2.45) is 11.3 Å². The highest BCUT2D eigenvalue weighted by atomic mass is 32.2. The van der Waals surface area contributed by atoms with Crippen LogP contribution >= 0.6 is 0 Å². The number of carbonyl (C=O) groups excluding carboxylic acids is 1. The van der Waals surface area contributed by atoms with Gasteiger partial charge in [-0.25, -0.2) is 0 Å². The zero-order chi connectivity index (χ0) is 15.6. The van der Waals surface area contributed by atoms with E-state index in [4.69, 9.17) is 4.55 Å². The van der Waals surface area contributed by atoms with Crippen LogP contribution in [-0.2, 0) is 14.9 Å². The van der Waals surface area contributed by atoms with Gasteiger partial charge in [-0.2, -0.15) is 8.42 Å². The number of nitrogens with one attached hydrogen (secondary N) is 1. The minimum atomic E-state index is -4.01. The van der Waals surface area contributed by atoms with Crippen molar-refractivity contribution in [3.8, 4) is 0 Å². The normalized spacial score (nSPS) is 24.1. The highest BCUT2D eigenvalue weighted by Gasteiger charge is 2.36. The van der Waals surface area contributed by atoms with E-state index >= 15 is 0 Å².